The fourth-order valence-electron chi connectivity index (χ4n) is 2.74. The Hall–Kier alpha value is -2.82. The zero-order valence-corrected chi connectivity index (χ0v) is 18.8. The summed E-state index contributed by atoms with van der Waals surface area (Å²) in [5.41, 5.74) is 7.75. The number of hydrogen-bond acceptors (Lipinski definition) is 7. The highest BCUT2D eigenvalue weighted by molar-refractivity contribution is 7.89. The zero-order chi connectivity index (χ0) is 23.0. The highest BCUT2D eigenvalue weighted by Gasteiger charge is 2.20. The molecule has 31 heavy (non-hydrogen) atoms. The third-order valence-electron chi connectivity index (χ3n) is 4.75. The van der Waals surface area contributed by atoms with Gasteiger partial charge in [0, 0.05) is 33.4 Å². The Morgan fingerprint density at radius 2 is 1.48 bits per heavy atom. The smallest absolute Gasteiger partial charge is 0.320 e. The number of nitrogens with two attached hydrogens (primary N) is 1. The van der Waals surface area contributed by atoms with Gasteiger partial charge in [0.2, 0.25) is 10.0 Å². The number of anilines is 1. The number of nitrogens with zero attached hydrogens (tertiary/aromatic N) is 4. The van der Waals surface area contributed by atoms with Crippen molar-refractivity contribution in [1.82, 2.24) is 4.31 Å². The van der Waals surface area contributed by atoms with Crippen LogP contribution < -0.4 is 10.6 Å². The maximum absolute atomic E-state index is 12.7. The molecule has 2 rings (SSSR count). The molecule has 0 amide bonds. The van der Waals surface area contributed by atoms with Gasteiger partial charge < -0.3 is 15.7 Å². The molecule has 0 spiro atoms. The van der Waals surface area contributed by atoms with Crippen LogP contribution in [-0.2, 0) is 14.8 Å². The van der Waals surface area contributed by atoms with Crippen LogP contribution in [0.3, 0.4) is 0 Å². The quantitative estimate of drug-likeness (QED) is 0.401. The average Bonchev–Trinajstić information content (AvgIpc) is 2.75. The topological polar surface area (TPSA) is 129 Å². The molecule has 3 N–H and O–H groups in total. The lowest BCUT2D eigenvalue weighted by molar-refractivity contribution is -0.138. The number of carboxylic acid groups (broad SMARTS) is 1. The molecule has 9 nitrogen and oxygen atoms in total. The van der Waals surface area contributed by atoms with Gasteiger partial charge in [0.25, 0.3) is 0 Å². The van der Waals surface area contributed by atoms with Crippen molar-refractivity contribution in [2.45, 2.75) is 30.2 Å². The minimum Gasteiger partial charge on any atom is -0.480 e. The average molecular weight is 448 g/mol. The van der Waals surface area contributed by atoms with Crippen LogP contribution >= 0.6 is 0 Å². The molecule has 0 aliphatic rings. The fraction of sp³-hybridized carbons (Fsp3) is 0.381. The molecular formula is C21H29N5O4S. The van der Waals surface area contributed by atoms with Crippen molar-refractivity contribution in [2.75, 3.05) is 32.6 Å². The van der Waals surface area contributed by atoms with Gasteiger partial charge in [-0.3, -0.25) is 4.79 Å². The second-order valence-corrected chi connectivity index (χ2v) is 9.42. The molecule has 0 saturated heterocycles. The molecule has 0 aromatic heterocycles. The maximum atomic E-state index is 12.7. The Labute approximate surface area is 183 Å². The molecule has 2 aromatic carbocycles. The lowest BCUT2D eigenvalue weighted by Gasteiger charge is -2.17. The van der Waals surface area contributed by atoms with Crippen LogP contribution in [0, 0.1) is 0 Å². The van der Waals surface area contributed by atoms with E-state index in [1.165, 1.54) is 23.5 Å². The van der Waals surface area contributed by atoms with Gasteiger partial charge in [0.15, 0.2) is 0 Å². The Bertz CT molecular complexity index is 989. The number of sulfonamides is 1. The molecule has 0 bridgehead atoms. The van der Waals surface area contributed by atoms with Crippen LogP contribution in [0.15, 0.2) is 63.7 Å². The number of benzene rings is 2. The SMILES string of the molecule is CN(C)c1ccc(N=Nc2ccc(S(=O)(=O)N(C)CCCC[C@H](N)C(=O)O)cc2)cc1. The summed E-state index contributed by atoms with van der Waals surface area (Å²) in [6, 6.07) is 12.9. The van der Waals surface area contributed by atoms with Crippen LogP contribution in [0.2, 0.25) is 0 Å². The van der Waals surface area contributed by atoms with E-state index in [2.05, 4.69) is 10.2 Å². The molecule has 10 heteroatoms. The van der Waals surface area contributed by atoms with E-state index in [1.807, 2.05) is 43.3 Å². The predicted molar refractivity (Wildman–Crippen MR) is 121 cm³/mol. The molecule has 168 valence electrons. The second kappa shape index (κ2) is 11.0. The van der Waals surface area contributed by atoms with Crippen LogP contribution in [0.25, 0.3) is 0 Å². The van der Waals surface area contributed by atoms with E-state index in [9.17, 15) is 13.2 Å². The van der Waals surface area contributed by atoms with Crippen LogP contribution in [0.4, 0.5) is 17.1 Å². The summed E-state index contributed by atoms with van der Waals surface area (Å²) in [7, 11) is 1.77. The number of unbranched alkanes of at least 4 members (excludes halogenated alkanes) is 1. The maximum Gasteiger partial charge on any atom is 0.320 e. The van der Waals surface area contributed by atoms with Gasteiger partial charge >= 0.3 is 5.97 Å². The molecule has 1 atom stereocenters. The minimum absolute atomic E-state index is 0.159. The molecule has 0 unspecified atom stereocenters. The third kappa shape index (κ3) is 7.12. The first-order valence-corrected chi connectivity index (χ1v) is 11.3. The summed E-state index contributed by atoms with van der Waals surface area (Å²) >= 11 is 0. The molecule has 0 aliphatic carbocycles. The lowest BCUT2D eigenvalue weighted by atomic mass is 10.1. The molecule has 0 fully saturated rings. The number of aliphatic carboxylic acids is 1. The van der Waals surface area contributed by atoms with Crippen molar-refractivity contribution in [3.8, 4) is 0 Å². The van der Waals surface area contributed by atoms with Crippen molar-refractivity contribution in [1.29, 1.82) is 0 Å². The monoisotopic (exact) mass is 447 g/mol. The Balaban J connectivity index is 1.95. The second-order valence-electron chi connectivity index (χ2n) is 7.37. The van der Waals surface area contributed by atoms with Crippen LogP contribution in [0.5, 0.6) is 0 Å². The number of carbonyl (C=O) groups is 1. The molecular weight excluding hydrogens is 418 g/mol. The van der Waals surface area contributed by atoms with Crippen molar-refractivity contribution in [3.63, 3.8) is 0 Å². The first-order valence-electron chi connectivity index (χ1n) is 9.85. The van der Waals surface area contributed by atoms with Gasteiger partial charge in [0.05, 0.1) is 16.3 Å². The van der Waals surface area contributed by atoms with Crippen LogP contribution in [0.1, 0.15) is 19.3 Å². The minimum atomic E-state index is -3.64. The van der Waals surface area contributed by atoms with E-state index in [0.29, 0.717) is 30.6 Å². The van der Waals surface area contributed by atoms with Gasteiger partial charge in [0.1, 0.15) is 6.04 Å². The molecule has 0 heterocycles. The number of rotatable bonds is 11. The van der Waals surface area contributed by atoms with Gasteiger partial charge in [-0.2, -0.15) is 10.2 Å². The first kappa shape index (κ1) is 24.4. The van der Waals surface area contributed by atoms with E-state index in [1.54, 1.807) is 12.1 Å². The first-order chi connectivity index (χ1) is 14.6. The molecule has 2 aromatic rings. The summed E-state index contributed by atoms with van der Waals surface area (Å²) in [4.78, 5) is 12.9. The fourth-order valence-corrected chi connectivity index (χ4v) is 3.95. The van der Waals surface area contributed by atoms with Crippen molar-refractivity contribution in [3.05, 3.63) is 48.5 Å². The summed E-state index contributed by atoms with van der Waals surface area (Å²) in [6.07, 6.45) is 1.36. The summed E-state index contributed by atoms with van der Waals surface area (Å²) < 4.78 is 26.6. The van der Waals surface area contributed by atoms with E-state index < -0.39 is 22.0 Å². The van der Waals surface area contributed by atoms with E-state index in [-0.39, 0.29) is 11.4 Å². The van der Waals surface area contributed by atoms with Crippen LogP contribution in [-0.4, -0.2) is 57.5 Å². The number of azo groups is 1. The Morgan fingerprint density at radius 1 is 0.968 bits per heavy atom. The highest BCUT2D eigenvalue weighted by atomic mass is 32.2. The summed E-state index contributed by atoms with van der Waals surface area (Å²) in [5.74, 6) is -1.05. The summed E-state index contributed by atoms with van der Waals surface area (Å²) in [6.45, 7) is 0.277. The molecule has 0 saturated carbocycles. The zero-order valence-electron chi connectivity index (χ0n) is 18.0. The lowest BCUT2D eigenvalue weighted by Crippen LogP contribution is -2.31. The largest absolute Gasteiger partial charge is 0.480 e. The normalized spacial score (nSPS) is 12.9. The van der Waals surface area contributed by atoms with Gasteiger partial charge in [-0.05, 0) is 67.8 Å². The van der Waals surface area contributed by atoms with Crippen molar-refractivity contribution < 1.29 is 18.3 Å². The van der Waals surface area contributed by atoms with E-state index in [4.69, 9.17) is 10.8 Å². The van der Waals surface area contributed by atoms with Gasteiger partial charge in [-0.25, -0.2) is 12.7 Å². The number of hydrogen-bond donors (Lipinski definition) is 2. The van der Waals surface area contributed by atoms with Gasteiger partial charge in [-0.15, -0.1) is 0 Å². The van der Waals surface area contributed by atoms with Gasteiger partial charge in [-0.1, -0.05) is 0 Å². The summed E-state index contributed by atoms with van der Waals surface area (Å²) in [5, 5.41) is 17.1. The Morgan fingerprint density at radius 3 is 1.97 bits per heavy atom. The molecule has 0 radical (unpaired) electrons. The highest BCUT2D eigenvalue weighted by Crippen LogP contribution is 2.23. The van der Waals surface area contributed by atoms with Crippen molar-refractivity contribution in [2.24, 2.45) is 16.0 Å². The standard InChI is InChI=1S/C21H29N5O4S/c1-25(2)18-11-7-16(8-12-18)23-24-17-9-13-19(14-10-17)31(29,30)26(3)15-5-4-6-20(22)21(27)28/h7-14,20H,4-6,15,22H2,1-3H3,(H,27,28)/t20-/m0/s1. The Kier molecular flexibility index (Phi) is 8.66. The number of carboxylic acids is 1. The third-order valence-corrected chi connectivity index (χ3v) is 6.62. The van der Waals surface area contributed by atoms with E-state index >= 15 is 0 Å². The predicted octanol–water partition coefficient (Wildman–Crippen LogP) is 3.37. The van der Waals surface area contributed by atoms with Crippen molar-refractivity contribution >= 4 is 33.1 Å². The molecule has 0 aliphatic heterocycles. The van der Waals surface area contributed by atoms with E-state index in [0.717, 1.165) is 5.69 Å².